The number of aryl methyl sites for hydroxylation is 1. The van der Waals surface area contributed by atoms with Crippen molar-refractivity contribution < 1.29 is 9.53 Å². The fourth-order valence-corrected chi connectivity index (χ4v) is 2.27. The van der Waals surface area contributed by atoms with Gasteiger partial charge in [0, 0.05) is 23.9 Å². The van der Waals surface area contributed by atoms with Crippen LogP contribution in [0, 0.1) is 6.92 Å². The van der Waals surface area contributed by atoms with E-state index in [0.717, 1.165) is 30.9 Å². The molecule has 1 unspecified atom stereocenters. The summed E-state index contributed by atoms with van der Waals surface area (Å²) in [6, 6.07) is 1.96. The Morgan fingerprint density at radius 2 is 2.33 bits per heavy atom. The molecule has 0 aromatic carbocycles. The Labute approximate surface area is 107 Å². The molecule has 5 nitrogen and oxygen atoms in total. The van der Waals surface area contributed by atoms with Gasteiger partial charge >= 0.3 is 5.97 Å². The van der Waals surface area contributed by atoms with Crippen LogP contribution in [-0.4, -0.2) is 47.6 Å². The van der Waals surface area contributed by atoms with Crippen molar-refractivity contribution in [3.63, 3.8) is 0 Å². The molecule has 0 spiro atoms. The molecule has 18 heavy (non-hydrogen) atoms. The van der Waals surface area contributed by atoms with Crippen molar-refractivity contribution in [2.24, 2.45) is 0 Å². The molecule has 0 radical (unpaired) electrons. The average molecular weight is 249 g/mol. The fraction of sp³-hybridized carbons (Fsp3) is 0.615. The number of rotatable bonds is 3. The minimum absolute atomic E-state index is 0.182. The van der Waals surface area contributed by atoms with Crippen LogP contribution in [0.4, 0.5) is 0 Å². The first-order valence-corrected chi connectivity index (χ1v) is 6.31. The molecule has 1 fully saturated rings. The summed E-state index contributed by atoms with van der Waals surface area (Å²) in [7, 11) is 2.10. The van der Waals surface area contributed by atoms with E-state index < -0.39 is 5.97 Å². The molecule has 98 valence electrons. The number of aromatic nitrogens is 2. The summed E-state index contributed by atoms with van der Waals surface area (Å²) in [5.41, 5.74) is 1.77. The third-order valence-electron chi connectivity index (χ3n) is 3.14. The van der Waals surface area contributed by atoms with Crippen LogP contribution in [0.3, 0.4) is 0 Å². The molecule has 1 saturated heterocycles. The van der Waals surface area contributed by atoms with E-state index in [9.17, 15) is 4.79 Å². The standard InChI is InChI=1S/C13H19N3O2/c1-4-18-13(17)12-14-9(2)7-11(15-12)10-5-6-16(3)8-10/h7,10H,4-6,8H2,1-3H3. The summed E-state index contributed by atoms with van der Waals surface area (Å²) in [5.74, 6) is 0.139. The highest BCUT2D eigenvalue weighted by Gasteiger charge is 2.24. The van der Waals surface area contributed by atoms with Gasteiger partial charge in [-0.05, 0) is 39.9 Å². The lowest BCUT2D eigenvalue weighted by Gasteiger charge is -2.11. The molecule has 0 bridgehead atoms. The Hall–Kier alpha value is -1.49. The number of likely N-dealkylation sites (tertiary alicyclic amines) is 1. The van der Waals surface area contributed by atoms with E-state index in [1.165, 1.54) is 0 Å². The van der Waals surface area contributed by atoms with Gasteiger partial charge < -0.3 is 9.64 Å². The molecule has 1 aliphatic heterocycles. The number of carbonyl (C=O) groups excluding carboxylic acids is 1. The second-order valence-corrected chi connectivity index (χ2v) is 4.73. The van der Waals surface area contributed by atoms with Crippen LogP contribution >= 0.6 is 0 Å². The molecule has 1 atom stereocenters. The third kappa shape index (κ3) is 2.85. The lowest BCUT2D eigenvalue weighted by molar-refractivity contribution is 0.0511. The fourth-order valence-electron chi connectivity index (χ4n) is 2.27. The van der Waals surface area contributed by atoms with Crippen LogP contribution in [-0.2, 0) is 4.74 Å². The Balaban J connectivity index is 2.23. The van der Waals surface area contributed by atoms with E-state index in [0.29, 0.717) is 12.5 Å². The molecule has 2 rings (SSSR count). The predicted octanol–water partition coefficient (Wildman–Crippen LogP) is 1.38. The molecule has 2 heterocycles. The van der Waals surface area contributed by atoms with E-state index in [4.69, 9.17) is 4.74 Å². The molecule has 5 heteroatoms. The van der Waals surface area contributed by atoms with Gasteiger partial charge in [-0.25, -0.2) is 14.8 Å². The number of esters is 1. The minimum Gasteiger partial charge on any atom is -0.460 e. The van der Waals surface area contributed by atoms with Gasteiger partial charge in [0.05, 0.1) is 6.61 Å². The zero-order chi connectivity index (χ0) is 13.1. The highest BCUT2D eigenvalue weighted by Crippen LogP contribution is 2.25. The first-order valence-electron chi connectivity index (χ1n) is 6.31. The Morgan fingerprint density at radius 1 is 1.56 bits per heavy atom. The van der Waals surface area contributed by atoms with Crippen molar-refractivity contribution >= 4 is 5.97 Å². The van der Waals surface area contributed by atoms with Crippen molar-refractivity contribution in [1.29, 1.82) is 0 Å². The highest BCUT2D eigenvalue weighted by atomic mass is 16.5. The largest absolute Gasteiger partial charge is 0.460 e. The van der Waals surface area contributed by atoms with Crippen LogP contribution in [0.5, 0.6) is 0 Å². The molecule has 1 aliphatic rings. The van der Waals surface area contributed by atoms with E-state index in [1.54, 1.807) is 6.92 Å². The smallest absolute Gasteiger partial charge is 0.376 e. The molecular formula is C13H19N3O2. The van der Waals surface area contributed by atoms with Crippen molar-refractivity contribution in [3.8, 4) is 0 Å². The molecule has 0 amide bonds. The zero-order valence-corrected chi connectivity index (χ0v) is 11.1. The maximum Gasteiger partial charge on any atom is 0.376 e. The number of hydrogen-bond acceptors (Lipinski definition) is 5. The van der Waals surface area contributed by atoms with Gasteiger partial charge in [-0.15, -0.1) is 0 Å². The topological polar surface area (TPSA) is 55.3 Å². The van der Waals surface area contributed by atoms with Gasteiger partial charge in [-0.2, -0.15) is 0 Å². The number of ether oxygens (including phenoxy) is 1. The van der Waals surface area contributed by atoms with Gasteiger partial charge in [-0.3, -0.25) is 0 Å². The Kier molecular flexibility index (Phi) is 3.91. The van der Waals surface area contributed by atoms with Crippen LogP contribution in [0.15, 0.2) is 6.07 Å². The highest BCUT2D eigenvalue weighted by molar-refractivity contribution is 5.85. The van der Waals surface area contributed by atoms with E-state index in [2.05, 4.69) is 21.9 Å². The maximum atomic E-state index is 11.7. The summed E-state index contributed by atoms with van der Waals surface area (Å²) in [6.45, 7) is 6.06. The van der Waals surface area contributed by atoms with Gasteiger partial charge in [0.15, 0.2) is 0 Å². The van der Waals surface area contributed by atoms with E-state index >= 15 is 0 Å². The van der Waals surface area contributed by atoms with Gasteiger partial charge in [-0.1, -0.05) is 0 Å². The minimum atomic E-state index is -0.436. The van der Waals surface area contributed by atoms with Crippen LogP contribution in [0.1, 0.15) is 41.3 Å². The van der Waals surface area contributed by atoms with Gasteiger partial charge in [0.1, 0.15) is 0 Å². The van der Waals surface area contributed by atoms with Crippen molar-refractivity contribution in [2.75, 3.05) is 26.7 Å². The summed E-state index contributed by atoms with van der Waals surface area (Å²) in [5, 5.41) is 0. The normalized spacial score (nSPS) is 20.1. The third-order valence-corrected chi connectivity index (χ3v) is 3.14. The van der Waals surface area contributed by atoms with Crippen LogP contribution in [0.2, 0.25) is 0 Å². The van der Waals surface area contributed by atoms with Crippen LogP contribution < -0.4 is 0 Å². The first kappa shape index (κ1) is 13.0. The Bertz CT molecular complexity index is 448. The second kappa shape index (κ2) is 5.44. The van der Waals surface area contributed by atoms with Crippen molar-refractivity contribution in [1.82, 2.24) is 14.9 Å². The molecule has 0 saturated carbocycles. The zero-order valence-electron chi connectivity index (χ0n) is 11.1. The summed E-state index contributed by atoms with van der Waals surface area (Å²) in [6.07, 6.45) is 1.08. The summed E-state index contributed by atoms with van der Waals surface area (Å²) in [4.78, 5) is 22.4. The molecule has 1 aromatic rings. The van der Waals surface area contributed by atoms with Crippen molar-refractivity contribution in [3.05, 3.63) is 23.3 Å². The van der Waals surface area contributed by atoms with E-state index in [-0.39, 0.29) is 5.82 Å². The molecule has 0 N–H and O–H groups in total. The van der Waals surface area contributed by atoms with Crippen LogP contribution in [0.25, 0.3) is 0 Å². The summed E-state index contributed by atoms with van der Waals surface area (Å²) < 4.78 is 4.95. The van der Waals surface area contributed by atoms with Crippen molar-refractivity contribution in [2.45, 2.75) is 26.2 Å². The number of hydrogen-bond donors (Lipinski definition) is 0. The quantitative estimate of drug-likeness (QED) is 0.757. The lowest BCUT2D eigenvalue weighted by Crippen LogP contribution is -2.16. The number of carbonyl (C=O) groups is 1. The molecule has 1 aromatic heterocycles. The number of nitrogens with zero attached hydrogens (tertiary/aromatic N) is 3. The SMILES string of the molecule is CCOC(=O)c1nc(C)cc(C2CCN(C)C2)n1. The second-order valence-electron chi connectivity index (χ2n) is 4.73. The Morgan fingerprint density at radius 3 is 2.94 bits per heavy atom. The summed E-state index contributed by atoms with van der Waals surface area (Å²) >= 11 is 0. The number of likely N-dealkylation sites (N-methyl/N-ethyl adjacent to an activating group) is 1. The van der Waals surface area contributed by atoms with Gasteiger partial charge in [0.25, 0.3) is 0 Å². The van der Waals surface area contributed by atoms with E-state index in [1.807, 2.05) is 13.0 Å². The monoisotopic (exact) mass is 249 g/mol. The predicted molar refractivity (Wildman–Crippen MR) is 67.6 cm³/mol. The molecule has 0 aliphatic carbocycles. The maximum absolute atomic E-state index is 11.7. The average Bonchev–Trinajstić information content (AvgIpc) is 2.75. The lowest BCUT2D eigenvalue weighted by atomic mass is 10.0. The first-order chi connectivity index (χ1) is 8.60. The van der Waals surface area contributed by atoms with Gasteiger partial charge in [0.2, 0.25) is 5.82 Å². The molecular weight excluding hydrogens is 230 g/mol.